The molecule has 4 rings (SSSR count). The van der Waals surface area contributed by atoms with Gasteiger partial charge in [-0.1, -0.05) is 30.3 Å². The number of thiazole rings is 1. The number of piperidine rings is 1. The van der Waals surface area contributed by atoms with E-state index < -0.39 is 0 Å². The van der Waals surface area contributed by atoms with E-state index in [1.165, 1.54) is 5.56 Å². The number of amides is 1. The van der Waals surface area contributed by atoms with E-state index in [1.807, 2.05) is 22.9 Å². The molecule has 1 aliphatic rings. The number of rotatable bonds is 6. The van der Waals surface area contributed by atoms with E-state index in [9.17, 15) is 4.79 Å². The topological polar surface area (TPSA) is 49.6 Å². The minimum Gasteiger partial charge on any atom is -0.347 e. The predicted molar refractivity (Wildman–Crippen MR) is 109 cm³/mol. The molecule has 1 amide bonds. The Morgan fingerprint density at radius 2 is 2.19 bits per heavy atom. The number of imidazole rings is 1. The summed E-state index contributed by atoms with van der Waals surface area (Å²) in [5.74, 6) is -0.00506. The third kappa shape index (κ3) is 4.22. The van der Waals surface area contributed by atoms with Crippen LogP contribution in [0.4, 0.5) is 0 Å². The molecule has 0 spiro atoms. The maximum Gasteiger partial charge on any atom is 0.270 e. The highest BCUT2D eigenvalue weighted by Gasteiger charge is 2.24. The number of aryl methyl sites for hydroxylation is 2. The van der Waals surface area contributed by atoms with Gasteiger partial charge in [0.15, 0.2) is 4.96 Å². The smallest absolute Gasteiger partial charge is 0.270 e. The molecular weight excluding hydrogens is 356 g/mol. The van der Waals surface area contributed by atoms with E-state index >= 15 is 0 Å². The van der Waals surface area contributed by atoms with Gasteiger partial charge in [0.2, 0.25) is 0 Å². The van der Waals surface area contributed by atoms with Gasteiger partial charge in [0.1, 0.15) is 5.69 Å². The summed E-state index contributed by atoms with van der Waals surface area (Å²) >= 11 is 1.56. The Kier molecular flexibility index (Phi) is 5.55. The lowest BCUT2D eigenvalue weighted by Crippen LogP contribution is -2.48. The predicted octanol–water partition coefficient (Wildman–Crippen LogP) is 3.53. The Balaban J connectivity index is 1.31. The van der Waals surface area contributed by atoms with Gasteiger partial charge in [-0.05, 0) is 51.3 Å². The molecule has 5 nitrogen and oxygen atoms in total. The second-order valence-electron chi connectivity index (χ2n) is 7.30. The van der Waals surface area contributed by atoms with E-state index in [0.29, 0.717) is 5.69 Å². The van der Waals surface area contributed by atoms with Crippen molar-refractivity contribution in [2.24, 2.45) is 0 Å². The Labute approximate surface area is 164 Å². The molecule has 2 aromatic heterocycles. The van der Waals surface area contributed by atoms with Crippen LogP contribution in [-0.4, -0.2) is 45.9 Å². The molecule has 1 atom stereocenters. The van der Waals surface area contributed by atoms with Crippen molar-refractivity contribution in [1.82, 2.24) is 19.6 Å². The van der Waals surface area contributed by atoms with Crippen LogP contribution in [0.15, 0.2) is 41.9 Å². The molecule has 0 saturated carbocycles. The molecule has 6 heteroatoms. The summed E-state index contributed by atoms with van der Waals surface area (Å²) in [6.45, 7) is 5.06. The van der Waals surface area contributed by atoms with Gasteiger partial charge in [-0.25, -0.2) is 4.98 Å². The molecule has 0 radical (unpaired) electrons. The zero-order chi connectivity index (χ0) is 18.6. The first-order valence-corrected chi connectivity index (χ1v) is 10.6. The number of carbonyl (C=O) groups excluding carboxylic acids is 1. The highest BCUT2D eigenvalue weighted by Crippen LogP contribution is 2.18. The summed E-state index contributed by atoms with van der Waals surface area (Å²) in [5, 5.41) is 5.21. The van der Waals surface area contributed by atoms with E-state index in [2.05, 4.69) is 45.5 Å². The summed E-state index contributed by atoms with van der Waals surface area (Å²) in [4.78, 5) is 20.7. The van der Waals surface area contributed by atoms with E-state index in [-0.39, 0.29) is 11.9 Å². The summed E-state index contributed by atoms with van der Waals surface area (Å²) in [6, 6.07) is 10.9. The van der Waals surface area contributed by atoms with Crippen LogP contribution in [0.5, 0.6) is 0 Å². The third-order valence-corrected chi connectivity index (χ3v) is 6.03. The van der Waals surface area contributed by atoms with Crippen molar-refractivity contribution < 1.29 is 4.79 Å². The number of nitrogens with zero attached hydrogens (tertiary/aromatic N) is 3. The van der Waals surface area contributed by atoms with Gasteiger partial charge in [-0.15, -0.1) is 11.3 Å². The molecule has 0 unspecified atom stereocenters. The van der Waals surface area contributed by atoms with E-state index in [4.69, 9.17) is 0 Å². The Morgan fingerprint density at radius 1 is 1.33 bits per heavy atom. The number of nitrogens with one attached hydrogen (secondary N) is 1. The van der Waals surface area contributed by atoms with Gasteiger partial charge < -0.3 is 10.2 Å². The van der Waals surface area contributed by atoms with Crippen molar-refractivity contribution in [2.75, 3.05) is 19.6 Å². The molecule has 3 aromatic rings. The number of carbonyl (C=O) groups is 1. The standard InChI is InChI=1S/C21H26N4OS/c1-16-19(25-13-14-27-21(25)22-16)20(26)23-18-10-6-12-24(15-18)11-5-9-17-7-3-2-4-8-17/h2-4,7-8,13-14,18H,5-6,9-12,15H2,1H3,(H,23,26)/t18-/m1/s1. The molecule has 27 heavy (non-hydrogen) atoms. The molecule has 1 saturated heterocycles. The lowest BCUT2D eigenvalue weighted by atomic mass is 10.0. The van der Waals surface area contributed by atoms with Crippen LogP contribution >= 0.6 is 11.3 Å². The summed E-state index contributed by atoms with van der Waals surface area (Å²) < 4.78 is 1.90. The molecule has 1 N–H and O–H groups in total. The van der Waals surface area contributed by atoms with Crippen LogP contribution in [0, 0.1) is 6.92 Å². The van der Waals surface area contributed by atoms with Crippen LogP contribution in [-0.2, 0) is 6.42 Å². The molecule has 3 heterocycles. The second-order valence-corrected chi connectivity index (χ2v) is 8.18. The first-order valence-electron chi connectivity index (χ1n) is 9.70. The van der Waals surface area contributed by atoms with Gasteiger partial charge in [-0.2, -0.15) is 0 Å². The summed E-state index contributed by atoms with van der Waals surface area (Å²) in [7, 11) is 0. The number of fused-ring (bicyclic) bond motifs is 1. The van der Waals surface area contributed by atoms with Gasteiger partial charge >= 0.3 is 0 Å². The third-order valence-electron chi connectivity index (χ3n) is 5.27. The molecule has 1 fully saturated rings. The van der Waals surface area contributed by atoms with Gasteiger partial charge in [0.25, 0.3) is 5.91 Å². The number of benzene rings is 1. The fourth-order valence-corrected chi connectivity index (χ4v) is 4.71. The molecule has 142 valence electrons. The van der Waals surface area contributed by atoms with Gasteiger partial charge in [0, 0.05) is 24.2 Å². The van der Waals surface area contributed by atoms with Crippen LogP contribution in [0.3, 0.4) is 0 Å². The Bertz CT molecular complexity index is 901. The minimum absolute atomic E-state index is 0.00506. The lowest BCUT2D eigenvalue weighted by molar-refractivity contribution is 0.0896. The average molecular weight is 383 g/mol. The monoisotopic (exact) mass is 382 g/mol. The SMILES string of the molecule is Cc1nc2sccn2c1C(=O)N[C@@H]1CCCN(CCCc2ccccc2)C1. The summed E-state index contributed by atoms with van der Waals surface area (Å²) in [5.41, 5.74) is 2.87. The fourth-order valence-electron chi connectivity index (χ4n) is 3.95. The number of hydrogen-bond acceptors (Lipinski definition) is 4. The van der Waals surface area contributed by atoms with Crippen LogP contribution in [0.2, 0.25) is 0 Å². The van der Waals surface area contributed by atoms with Crippen molar-refractivity contribution >= 4 is 22.2 Å². The molecule has 1 aromatic carbocycles. The Morgan fingerprint density at radius 3 is 3.04 bits per heavy atom. The van der Waals surface area contributed by atoms with Crippen molar-refractivity contribution in [3.8, 4) is 0 Å². The minimum atomic E-state index is -0.00506. The first kappa shape index (κ1) is 18.2. The van der Waals surface area contributed by atoms with Gasteiger partial charge in [0.05, 0.1) is 5.69 Å². The molecule has 1 aliphatic heterocycles. The van der Waals surface area contributed by atoms with Crippen LogP contribution in [0.1, 0.15) is 41.0 Å². The van der Waals surface area contributed by atoms with Crippen molar-refractivity contribution in [3.63, 3.8) is 0 Å². The molecular formula is C21H26N4OS. The zero-order valence-corrected chi connectivity index (χ0v) is 16.5. The fraction of sp³-hybridized carbons (Fsp3) is 0.429. The second kappa shape index (κ2) is 8.23. The summed E-state index contributed by atoms with van der Waals surface area (Å²) in [6.07, 6.45) is 6.37. The maximum atomic E-state index is 12.8. The average Bonchev–Trinajstić information content (AvgIpc) is 3.22. The normalized spacial score (nSPS) is 18.0. The van der Waals surface area contributed by atoms with Crippen molar-refractivity contribution in [2.45, 2.75) is 38.6 Å². The van der Waals surface area contributed by atoms with E-state index in [1.54, 1.807) is 11.3 Å². The maximum absolute atomic E-state index is 12.8. The number of aromatic nitrogens is 2. The molecule has 0 bridgehead atoms. The number of likely N-dealkylation sites (tertiary alicyclic amines) is 1. The molecule has 0 aliphatic carbocycles. The zero-order valence-electron chi connectivity index (χ0n) is 15.7. The largest absolute Gasteiger partial charge is 0.347 e. The quantitative estimate of drug-likeness (QED) is 0.709. The highest BCUT2D eigenvalue weighted by molar-refractivity contribution is 7.15. The van der Waals surface area contributed by atoms with Gasteiger partial charge in [-0.3, -0.25) is 9.20 Å². The highest BCUT2D eigenvalue weighted by atomic mass is 32.1. The number of hydrogen-bond donors (Lipinski definition) is 1. The van der Waals surface area contributed by atoms with Crippen molar-refractivity contribution in [1.29, 1.82) is 0 Å². The first-order chi connectivity index (χ1) is 13.2. The Hall–Kier alpha value is -2.18. The van der Waals surface area contributed by atoms with Crippen molar-refractivity contribution in [3.05, 3.63) is 58.9 Å². The van der Waals surface area contributed by atoms with E-state index in [0.717, 1.165) is 56.0 Å². The lowest BCUT2D eigenvalue weighted by Gasteiger charge is -2.33. The van der Waals surface area contributed by atoms with Crippen LogP contribution < -0.4 is 5.32 Å². The van der Waals surface area contributed by atoms with Crippen LogP contribution in [0.25, 0.3) is 4.96 Å².